The van der Waals surface area contributed by atoms with Crippen LogP contribution in [0.5, 0.6) is 0 Å². The van der Waals surface area contributed by atoms with Gasteiger partial charge in [0.2, 0.25) is 11.8 Å². The number of benzene rings is 2. The molecule has 0 heterocycles. The van der Waals surface area contributed by atoms with Crippen molar-refractivity contribution < 1.29 is 19.8 Å². The number of carbonyl (C=O) groups excluding carboxylic acids is 2. The van der Waals surface area contributed by atoms with Gasteiger partial charge in [0.25, 0.3) is 0 Å². The number of aliphatic hydroxyl groups is 2. The van der Waals surface area contributed by atoms with E-state index in [1.807, 2.05) is 64.1 Å². The topological polar surface area (TPSA) is 98.7 Å². The monoisotopic (exact) mass is 438 g/mol. The Morgan fingerprint density at radius 1 is 0.750 bits per heavy atom. The van der Waals surface area contributed by atoms with E-state index in [1.54, 1.807) is 0 Å². The van der Waals surface area contributed by atoms with Crippen LogP contribution >= 0.6 is 0 Å². The third-order valence-electron chi connectivity index (χ3n) is 6.25. The van der Waals surface area contributed by atoms with Crippen LogP contribution in [0.15, 0.2) is 36.4 Å². The van der Waals surface area contributed by atoms with Crippen LogP contribution in [0.25, 0.3) is 0 Å². The lowest BCUT2D eigenvalue weighted by Crippen LogP contribution is -2.56. The Hall–Kier alpha value is -2.70. The van der Waals surface area contributed by atoms with Gasteiger partial charge in [0.15, 0.2) is 0 Å². The molecule has 4 N–H and O–H groups in total. The zero-order valence-electron chi connectivity index (χ0n) is 19.4. The Kier molecular flexibility index (Phi) is 7.36. The van der Waals surface area contributed by atoms with Crippen LogP contribution in [0.2, 0.25) is 0 Å². The summed E-state index contributed by atoms with van der Waals surface area (Å²) in [6.07, 6.45) is 0.0295. The molecule has 0 bridgehead atoms. The van der Waals surface area contributed by atoms with Crippen LogP contribution in [0.3, 0.4) is 0 Å². The van der Waals surface area contributed by atoms with E-state index in [-0.39, 0.29) is 24.9 Å². The Morgan fingerprint density at radius 3 is 1.38 bits per heavy atom. The van der Waals surface area contributed by atoms with Crippen molar-refractivity contribution in [2.45, 2.75) is 59.2 Å². The standard InChI is InChI=1S/C26H34N2O4/c1-16-8-17(2)11-20(10-16)22(29)14-27-24(31)26(6-5-7-26)25(32)28-15-23(30)21-12-18(3)9-19(4)13-21/h8-13,22-23,29-30H,5-7,14-15H2,1-4H3,(H,27,31)(H,28,32). The molecule has 1 fully saturated rings. The molecular weight excluding hydrogens is 404 g/mol. The summed E-state index contributed by atoms with van der Waals surface area (Å²) in [5.74, 6) is -0.740. The van der Waals surface area contributed by atoms with Crippen LogP contribution < -0.4 is 10.6 Å². The van der Waals surface area contributed by atoms with Crippen LogP contribution in [0, 0.1) is 33.1 Å². The van der Waals surface area contributed by atoms with Crippen molar-refractivity contribution >= 4 is 11.8 Å². The Labute approximate surface area is 190 Å². The second kappa shape index (κ2) is 9.84. The maximum absolute atomic E-state index is 12.9. The highest BCUT2D eigenvalue weighted by Gasteiger charge is 2.50. The van der Waals surface area contributed by atoms with Crippen molar-refractivity contribution in [3.8, 4) is 0 Å². The zero-order valence-corrected chi connectivity index (χ0v) is 19.4. The first-order valence-corrected chi connectivity index (χ1v) is 11.2. The summed E-state index contributed by atoms with van der Waals surface area (Å²) in [4.78, 5) is 25.8. The molecule has 2 atom stereocenters. The quantitative estimate of drug-likeness (QED) is 0.476. The van der Waals surface area contributed by atoms with E-state index >= 15 is 0 Å². The minimum Gasteiger partial charge on any atom is -0.387 e. The fraction of sp³-hybridized carbons (Fsp3) is 0.462. The molecule has 1 saturated carbocycles. The molecule has 1 aliphatic rings. The average Bonchev–Trinajstić information content (AvgIpc) is 2.67. The fourth-order valence-electron chi connectivity index (χ4n) is 4.44. The molecule has 172 valence electrons. The van der Waals surface area contributed by atoms with Gasteiger partial charge in [-0.2, -0.15) is 0 Å². The number of hydrogen-bond acceptors (Lipinski definition) is 4. The lowest BCUT2D eigenvalue weighted by Gasteiger charge is -2.38. The normalized spacial score (nSPS) is 16.6. The summed E-state index contributed by atoms with van der Waals surface area (Å²) in [6.45, 7) is 7.93. The van der Waals surface area contributed by atoms with Crippen molar-refractivity contribution in [1.82, 2.24) is 10.6 Å². The summed E-state index contributed by atoms with van der Waals surface area (Å²) in [6, 6.07) is 11.6. The van der Waals surface area contributed by atoms with Gasteiger partial charge in [-0.1, -0.05) is 65.1 Å². The molecule has 32 heavy (non-hydrogen) atoms. The summed E-state index contributed by atoms with van der Waals surface area (Å²) in [7, 11) is 0. The summed E-state index contributed by atoms with van der Waals surface area (Å²) in [5.41, 5.74) is 4.53. The number of nitrogens with one attached hydrogen (secondary N) is 2. The second-order valence-electron chi connectivity index (χ2n) is 9.23. The van der Waals surface area contributed by atoms with Crippen molar-refractivity contribution in [2.24, 2.45) is 5.41 Å². The van der Waals surface area contributed by atoms with Gasteiger partial charge in [-0.3, -0.25) is 9.59 Å². The molecule has 3 rings (SSSR count). The number of amides is 2. The number of carbonyl (C=O) groups is 2. The Balaban J connectivity index is 1.58. The minimum atomic E-state index is -1.13. The smallest absolute Gasteiger partial charge is 0.235 e. The van der Waals surface area contributed by atoms with Crippen LogP contribution in [0.4, 0.5) is 0 Å². The molecule has 0 spiro atoms. The van der Waals surface area contributed by atoms with E-state index in [1.165, 1.54) is 0 Å². The van der Waals surface area contributed by atoms with Gasteiger partial charge in [0.1, 0.15) is 5.41 Å². The van der Waals surface area contributed by atoms with Crippen LogP contribution in [-0.4, -0.2) is 35.1 Å². The first-order chi connectivity index (χ1) is 15.1. The lowest BCUT2D eigenvalue weighted by atomic mass is 9.67. The summed E-state index contributed by atoms with van der Waals surface area (Å²) in [5, 5.41) is 26.6. The first-order valence-electron chi connectivity index (χ1n) is 11.2. The number of aliphatic hydroxyl groups excluding tert-OH is 2. The molecule has 0 saturated heterocycles. The lowest BCUT2D eigenvalue weighted by molar-refractivity contribution is -0.150. The number of aryl methyl sites for hydroxylation is 4. The molecule has 0 aliphatic heterocycles. The third kappa shape index (κ3) is 5.37. The van der Waals surface area contributed by atoms with Gasteiger partial charge >= 0.3 is 0 Å². The highest BCUT2D eigenvalue weighted by molar-refractivity contribution is 6.06. The van der Waals surface area contributed by atoms with Gasteiger partial charge in [0, 0.05) is 13.1 Å². The number of hydrogen-bond donors (Lipinski definition) is 4. The van der Waals surface area contributed by atoms with Gasteiger partial charge in [-0.05, 0) is 51.7 Å². The van der Waals surface area contributed by atoms with Crippen molar-refractivity contribution in [3.05, 3.63) is 69.8 Å². The van der Waals surface area contributed by atoms with Crippen LogP contribution in [-0.2, 0) is 9.59 Å². The van der Waals surface area contributed by atoms with E-state index in [0.717, 1.165) is 39.8 Å². The molecule has 2 aromatic rings. The Bertz CT molecular complexity index is 881. The maximum atomic E-state index is 12.9. The van der Waals surface area contributed by atoms with E-state index < -0.39 is 17.6 Å². The molecule has 6 heteroatoms. The molecule has 0 aromatic heterocycles. The van der Waals surface area contributed by atoms with Crippen molar-refractivity contribution in [1.29, 1.82) is 0 Å². The molecule has 2 unspecified atom stereocenters. The van der Waals surface area contributed by atoms with E-state index in [0.29, 0.717) is 12.8 Å². The molecule has 6 nitrogen and oxygen atoms in total. The van der Waals surface area contributed by atoms with Gasteiger partial charge in [-0.15, -0.1) is 0 Å². The molecule has 1 aliphatic carbocycles. The molecule has 2 aromatic carbocycles. The molecular formula is C26H34N2O4. The summed E-state index contributed by atoms with van der Waals surface area (Å²) >= 11 is 0. The van der Waals surface area contributed by atoms with E-state index in [2.05, 4.69) is 10.6 Å². The largest absolute Gasteiger partial charge is 0.387 e. The van der Waals surface area contributed by atoms with E-state index in [9.17, 15) is 19.8 Å². The van der Waals surface area contributed by atoms with Gasteiger partial charge < -0.3 is 20.8 Å². The van der Waals surface area contributed by atoms with Gasteiger partial charge in [-0.25, -0.2) is 0 Å². The van der Waals surface area contributed by atoms with Crippen molar-refractivity contribution in [3.63, 3.8) is 0 Å². The van der Waals surface area contributed by atoms with E-state index in [4.69, 9.17) is 0 Å². The predicted molar refractivity (Wildman–Crippen MR) is 124 cm³/mol. The van der Waals surface area contributed by atoms with Gasteiger partial charge in [0.05, 0.1) is 12.2 Å². The predicted octanol–water partition coefficient (Wildman–Crippen LogP) is 3.09. The van der Waals surface area contributed by atoms with Crippen molar-refractivity contribution in [2.75, 3.05) is 13.1 Å². The third-order valence-corrected chi connectivity index (χ3v) is 6.25. The summed E-state index contributed by atoms with van der Waals surface area (Å²) < 4.78 is 0. The highest BCUT2D eigenvalue weighted by atomic mass is 16.3. The fourth-order valence-corrected chi connectivity index (χ4v) is 4.44. The maximum Gasteiger partial charge on any atom is 0.235 e. The Morgan fingerprint density at radius 2 is 1.09 bits per heavy atom. The minimum absolute atomic E-state index is 0.0436. The zero-order chi connectivity index (χ0) is 23.5. The highest BCUT2D eigenvalue weighted by Crippen LogP contribution is 2.41. The first kappa shape index (κ1) is 24.0. The molecule has 2 amide bonds. The second-order valence-corrected chi connectivity index (χ2v) is 9.23. The van der Waals surface area contributed by atoms with Crippen LogP contribution in [0.1, 0.15) is 64.9 Å². The number of rotatable bonds is 8. The SMILES string of the molecule is Cc1cc(C)cc(C(O)CNC(=O)C2(C(=O)NCC(O)c3cc(C)cc(C)c3)CCC2)c1. The average molecular weight is 439 g/mol. The molecule has 0 radical (unpaired) electrons.